The summed E-state index contributed by atoms with van der Waals surface area (Å²) in [6.07, 6.45) is 1.75. The first-order valence-electron chi connectivity index (χ1n) is 6.85. The lowest BCUT2D eigenvalue weighted by Gasteiger charge is -2.13. The molecule has 0 amide bonds. The third-order valence-electron chi connectivity index (χ3n) is 3.52. The van der Waals surface area contributed by atoms with Gasteiger partial charge < -0.3 is 10.1 Å². The van der Waals surface area contributed by atoms with Crippen molar-refractivity contribution in [2.75, 3.05) is 14.2 Å². The molecule has 2 aromatic rings. The maximum atomic E-state index is 11.6. The van der Waals surface area contributed by atoms with Gasteiger partial charge in [-0.3, -0.25) is 9.78 Å². The molecule has 1 aromatic heterocycles. The second-order valence-electron chi connectivity index (χ2n) is 4.99. The Morgan fingerprint density at radius 2 is 2.05 bits per heavy atom. The number of hydrogen-bond acceptors (Lipinski definition) is 4. The van der Waals surface area contributed by atoms with Gasteiger partial charge in [-0.05, 0) is 56.3 Å². The Kier molecular flexibility index (Phi) is 4.70. The maximum Gasteiger partial charge on any atom is 0.151 e. The topological polar surface area (TPSA) is 51.2 Å². The Morgan fingerprint density at radius 3 is 2.52 bits per heavy atom. The third kappa shape index (κ3) is 3.28. The Balaban J connectivity index is 2.33. The number of methoxy groups -OCH3 is 1. The fourth-order valence-electron chi connectivity index (χ4n) is 2.39. The minimum Gasteiger partial charge on any atom is -0.497 e. The lowest BCUT2D eigenvalue weighted by Crippen LogP contribution is -2.23. The van der Waals surface area contributed by atoms with Crippen LogP contribution in [0.3, 0.4) is 0 Å². The predicted octanol–water partition coefficient (Wildman–Crippen LogP) is 2.92. The average Bonchev–Trinajstić information content (AvgIpc) is 2.48. The lowest BCUT2D eigenvalue weighted by molar-refractivity contribution is -0.119. The molecule has 110 valence electrons. The van der Waals surface area contributed by atoms with E-state index in [1.807, 2.05) is 37.3 Å². The molecule has 1 heterocycles. The number of aromatic nitrogens is 1. The van der Waals surface area contributed by atoms with Crippen LogP contribution in [0.25, 0.3) is 11.3 Å². The fourth-order valence-corrected chi connectivity index (χ4v) is 2.39. The van der Waals surface area contributed by atoms with Gasteiger partial charge in [0.2, 0.25) is 0 Å². The highest BCUT2D eigenvalue weighted by atomic mass is 16.5. The van der Waals surface area contributed by atoms with Crippen molar-refractivity contribution in [3.05, 3.63) is 47.7 Å². The van der Waals surface area contributed by atoms with E-state index in [0.717, 1.165) is 28.1 Å². The minimum absolute atomic E-state index is 0.0766. The van der Waals surface area contributed by atoms with Crippen LogP contribution < -0.4 is 10.1 Å². The highest BCUT2D eigenvalue weighted by Crippen LogP contribution is 2.26. The molecule has 4 nitrogen and oxygen atoms in total. The molecule has 0 bridgehead atoms. The molecule has 0 aliphatic rings. The maximum absolute atomic E-state index is 11.6. The van der Waals surface area contributed by atoms with Crippen LogP contribution in [0.4, 0.5) is 0 Å². The molecule has 1 unspecified atom stereocenters. The summed E-state index contributed by atoms with van der Waals surface area (Å²) in [6, 6.07) is 9.48. The van der Waals surface area contributed by atoms with Crippen LogP contribution in [0, 0.1) is 6.92 Å². The number of benzene rings is 1. The quantitative estimate of drug-likeness (QED) is 0.917. The molecule has 2 rings (SSSR count). The Labute approximate surface area is 125 Å². The van der Waals surface area contributed by atoms with Crippen LogP contribution in [-0.4, -0.2) is 24.9 Å². The zero-order valence-electron chi connectivity index (χ0n) is 12.8. The number of likely N-dealkylation sites (N-methyl/N-ethyl adjacent to an activating group) is 1. The smallest absolute Gasteiger partial charge is 0.151 e. The van der Waals surface area contributed by atoms with Gasteiger partial charge in [-0.2, -0.15) is 0 Å². The van der Waals surface area contributed by atoms with E-state index in [1.165, 1.54) is 0 Å². The number of pyridine rings is 1. The van der Waals surface area contributed by atoms with Crippen LogP contribution >= 0.6 is 0 Å². The standard InChI is InChI=1S/C17H20N2O2/c1-11-9-14(21-4)6-7-15(11)16-8-5-13(10-19-16)17(18-3)12(2)20/h5-10,17-18H,1-4H3. The van der Waals surface area contributed by atoms with Crippen molar-refractivity contribution < 1.29 is 9.53 Å². The number of ketones is 1. The van der Waals surface area contributed by atoms with Gasteiger partial charge in [-0.25, -0.2) is 0 Å². The fraction of sp³-hybridized carbons (Fsp3) is 0.294. The molecule has 0 radical (unpaired) electrons. The Bertz CT molecular complexity index is 636. The van der Waals surface area contributed by atoms with E-state index in [-0.39, 0.29) is 11.8 Å². The van der Waals surface area contributed by atoms with Gasteiger partial charge >= 0.3 is 0 Å². The van der Waals surface area contributed by atoms with Crippen molar-refractivity contribution in [2.45, 2.75) is 19.9 Å². The zero-order chi connectivity index (χ0) is 15.4. The van der Waals surface area contributed by atoms with E-state index in [9.17, 15) is 4.79 Å². The molecule has 0 saturated carbocycles. The van der Waals surface area contributed by atoms with Gasteiger partial charge in [-0.1, -0.05) is 6.07 Å². The number of ether oxygens (including phenoxy) is 1. The first-order valence-corrected chi connectivity index (χ1v) is 6.85. The predicted molar refractivity (Wildman–Crippen MR) is 83.4 cm³/mol. The summed E-state index contributed by atoms with van der Waals surface area (Å²) in [5.74, 6) is 0.910. The monoisotopic (exact) mass is 284 g/mol. The van der Waals surface area contributed by atoms with Crippen molar-refractivity contribution in [3.8, 4) is 17.0 Å². The molecule has 1 atom stereocenters. The highest BCUT2D eigenvalue weighted by molar-refractivity contribution is 5.82. The first kappa shape index (κ1) is 15.2. The number of rotatable bonds is 5. The Hall–Kier alpha value is -2.20. The largest absolute Gasteiger partial charge is 0.497 e. The number of nitrogens with zero attached hydrogens (tertiary/aromatic N) is 1. The van der Waals surface area contributed by atoms with Crippen molar-refractivity contribution >= 4 is 5.78 Å². The summed E-state index contributed by atoms with van der Waals surface area (Å²) in [6.45, 7) is 3.60. The number of carbonyl (C=O) groups is 1. The SMILES string of the molecule is CNC(C(C)=O)c1ccc(-c2ccc(OC)cc2C)nc1. The van der Waals surface area contributed by atoms with Crippen molar-refractivity contribution in [1.82, 2.24) is 10.3 Å². The van der Waals surface area contributed by atoms with Gasteiger partial charge in [0.25, 0.3) is 0 Å². The number of carbonyl (C=O) groups excluding carboxylic acids is 1. The molecule has 21 heavy (non-hydrogen) atoms. The van der Waals surface area contributed by atoms with E-state index in [1.54, 1.807) is 27.3 Å². The van der Waals surface area contributed by atoms with Crippen LogP contribution in [0.2, 0.25) is 0 Å². The van der Waals surface area contributed by atoms with Gasteiger partial charge in [0.15, 0.2) is 5.78 Å². The summed E-state index contributed by atoms with van der Waals surface area (Å²) in [5.41, 5.74) is 3.93. The normalized spacial score (nSPS) is 12.0. The first-order chi connectivity index (χ1) is 10.1. The Morgan fingerprint density at radius 1 is 1.29 bits per heavy atom. The average molecular weight is 284 g/mol. The van der Waals surface area contributed by atoms with E-state index >= 15 is 0 Å². The summed E-state index contributed by atoms with van der Waals surface area (Å²) in [7, 11) is 3.43. The molecule has 0 fully saturated rings. The lowest BCUT2D eigenvalue weighted by atomic mass is 10.0. The molecule has 1 aromatic carbocycles. The van der Waals surface area contributed by atoms with E-state index in [0.29, 0.717) is 0 Å². The van der Waals surface area contributed by atoms with Crippen LogP contribution in [0.1, 0.15) is 24.1 Å². The van der Waals surface area contributed by atoms with Crippen LogP contribution in [0.15, 0.2) is 36.5 Å². The number of hydrogen-bond donors (Lipinski definition) is 1. The van der Waals surface area contributed by atoms with Crippen LogP contribution in [-0.2, 0) is 4.79 Å². The molecule has 0 spiro atoms. The van der Waals surface area contributed by atoms with Gasteiger partial charge in [0, 0.05) is 11.8 Å². The summed E-state index contributed by atoms with van der Waals surface area (Å²) >= 11 is 0. The molecule has 0 aliphatic heterocycles. The molecule has 0 saturated heterocycles. The molecule has 4 heteroatoms. The minimum atomic E-state index is -0.302. The van der Waals surface area contributed by atoms with E-state index in [4.69, 9.17) is 4.74 Å². The second kappa shape index (κ2) is 6.50. The molecule has 0 aliphatic carbocycles. The number of aryl methyl sites for hydroxylation is 1. The van der Waals surface area contributed by atoms with Gasteiger partial charge in [0.05, 0.1) is 18.8 Å². The molecular formula is C17H20N2O2. The van der Waals surface area contributed by atoms with Crippen molar-refractivity contribution in [3.63, 3.8) is 0 Å². The number of nitrogens with one attached hydrogen (secondary N) is 1. The van der Waals surface area contributed by atoms with E-state index in [2.05, 4.69) is 10.3 Å². The van der Waals surface area contributed by atoms with Gasteiger partial charge in [-0.15, -0.1) is 0 Å². The molecular weight excluding hydrogens is 264 g/mol. The van der Waals surface area contributed by atoms with Crippen molar-refractivity contribution in [1.29, 1.82) is 0 Å². The second-order valence-corrected chi connectivity index (χ2v) is 4.99. The summed E-state index contributed by atoms with van der Waals surface area (Å²) < 4.78 is 5.21. The summed E-state index contributed by atoms with van der Waals surface area (Å²) in [4.78, 5) is 16.0. The van der Waals surface area contributed by atoms with Crippen molar-refractivity contribution in [2.24, 2.45) is 0 Å². The molecule has 1 N–H and O–H groups in total. The zero-order valence-corrected chi connectivity index (χ0v) is 12.8. The summed E-state index contributed by atoms with van der Waals surface area (Å²) in [5, 5.41) is 3.00. The third-order valence-corrected chi connectivity index (χ3v) is 3.52. The van der Waals surface area contributed by atoms with Gasteiger partial charge in [0.1, 0.15) is 5.75 Å². The van der Waals surface area contributed by atoms with E-state index < -0.39 is 0 Å². The van der Waals surface area contributed by atoms with Crippen LogP contribution in [0.5, 0.6) is 5.75 Å². The number of Topliss-reactive ketones (excluding diaryl/α,β-unsaturated/α-hetero) is 1. The highest BCUT2D eigenvalue weighted by Gasteiger charge is 2.14.